The second-order valence-corrected chi connectivity index (χ2v) is 41.7. The number of carbonyl (C=O) groups excluding carboxylic acids is 7. The lowest BCUT2D eigenvalue weighted by Gasteiger charge is -2.19. The molecule has 0 bridgehead atoms. The van der Waals surface area contributed by atoms with Gasteiger partial charge in [0, 0.05) is 119 Å². The van der Waals surface area contributed by atoms with Gasteiger partial charge in [0.2, 0.25) is 17.7 Å². The normalized spacial score (nSPS) is 19.2. The van der Waals surface area contributed by atoms with Gasteiger partial charge in [-0.25, -0.2) is 56.9 Å². The van der Waals surface area contributed by atoms with Crippen molar-refractivity contribution in [2.45, 2.75) is 209 Å². The maximum absolute atomic E-state index is 12.9. The summed E-state index contributed by atoms with van der Waals surface area (Å²) in [6.45, 7) is -0.467. The molecule has 6 rings (SSSR count). The summed E-state index contributed by atoms with van der Waals surface area (Å²) >= 11 is 0. The molecule has 0 spiro atoms. The van der Waals surface area contributed by atoms with Crippen LogP contribution in [0, 0.1) is 23.7 Å². The molecule has 6 heterocycles. The van der Waals surface area contributed by atoms with Crippen molar-refractivity contribution >= 4 is 189 Å². The Hall–Kier alpha value is -7.05. The van der Waals surface area contributed by atoms with Gasteiger partial charge in [-0.3, -0.25) is 52.2 Å². The molecule has 0 saturated carbocycles. The first-order valence-corrected chi connectivity index (χ1v) is 51.9. The number of unbranched alkanes of at least 4 members (excludes halogenated alkanes) is 6. The number of fused-ring (bicyclic) bond motifs is 2. The highest BCUT2D eigenvalue weighted by molar-refractivity contribution is 8.77. The molecule has 51 nitrogen and oxygen atoms in total. The molecule has 4 aromatic rings. The molecule has 2 aliphatic heterocycles. The standard InChI is InChI=1S/C34H49N6O20P3S2.C32H47N6O19P3S2/c1-20(41)38-24(25(43)10-4-2-3-5-11-28(45)39-23(34(48)49)14-30(46)47)18-65-64-13-12-22(42)9-7-6-8-21-16-40(33-31(21)32(35)36-19-37-33)29-15-26(44)27(58-29)17-57-62(53,54)60-63(55,56)59-61(50,51)52;33-21(23(40)9-3-1-2-4-10-26(42)37-22(32(45)46)13-28(43)44)17-62-61-12-11-20(39)8-6-5-7-19-15-38(31-29(19)30(34)35-18-36-31)27-14-24(41)25(55-27)16-54-59(50,51)57-60(52,53)56-58(47,48)49/h16,19,23-24,26-27,29,44H,2-5,7,9-15,17-18H2,1H3,(H,38,41)(H,39,45)(H,46,47)(H,48,49)(H,53,54)(H,55,56)(H2,35,36,37)(H2,50,51,52);15,18,21-22,24-25,27,41H,1-4,6,8-14,16-17,33H2,(H,37,42)(H,43,44)(H,45,46)(H,50,51)(H,52,53)(H2,34,35,36)(H2,47,48,49). The number of carboxylic acid groups (broad SMARTS) is 4. The lowest BCUT2D eigenvalue weighted by molar-refractivity contribution is -0.147. The summed E-state index contributed by atoms with van der Waals surface area (Å²) in [5, 5.41) is 64.4. The molecular weight excluding hydrogens is 1900 g/mol. The van der Waals surface area contributed by atoms with E-state index in [0.717, 1.165) is 0 Å². The molecule has 2 fully saturated rings. The van der Waals surface area contributed by atoms with Crippen molar-refractivity contribution in [3.8, 4) is 23.7 Å². The Bertz CT molecular complexity index is 4980. The van der Waals surface area contributed by atoms with Gasteiger partial charge >= 0.3 is 70.8 Å². The summed E-state index contributed by atoms with van der Waals surface area (Å²) in [5.41, 5.74) is 19.5. The van der Waals surface area contributed by atoms with E-state index in [4.69, 9.17) is 66.7 Å². The van der Waals surface area contributed by atoms with Crippen LogP contribution in [0.4, 0.5) is 11.6 Å². The predicted molar refractivity (Wildman–Crippen MR) is 449 cm³/mol. The number of ketones is 4. The molecular formula is C66H96N12O39P6S4. The van der Waals surface area contributed by atoms with Crippen LogP contribution in [0.2, 0.25) is 0 Å². The van der Waals surface area contributed by atoms with Gasteiger partial charge in [0.1, 0.15) is 89.7 Å². The maximum Gasteiger partial charge on any atom is 0.490 e. The fraction of sp³-hybridized carbons (Fsp3) is 0.591. The minimum absolute atomic E-state index is 0.00453. The highest BCUT2D eigenvalue weighted by Gasteiger charge is 2.46. The molecule has 0 radical (unpaired) electrons. The Morgan fingerprint density at radius 3 is 1.24 bits per heavy atom. The molecule has 61 heteroatoms. The number of aromatic nitrogens is 6. The Balaban J connectivity index is 0.000000451. The first kappa shape index (κ1) is 110. The summed E-state index contributed by atoms with van der Waals surface area (Å²) in [6.07, 6.45) is 2.33. The quantitative estimate of drug-likeness (QED) is 0.0130. The minimum atomic E-state index is -5.76. The van der Waals surface area contributed by atoms with Gasteiger partial charge < -0.3 is 122 Å². The molecule has 0 aliphatic carbocycles. The van der Waals surface area contributed by atoms with Gasteiger partial charge in [0.15, 0.2) is 5.78 Å². The first-order chi connectivity index (χ1) is 59.3. The van der Waals surface area contributed by atoms with Gasteiger partial charge in [0.25, 0.3) is 0 Å². The number of carbonyl (C=O) groups is 11. The Labute approximate surface area is 737 Å². The van der Waals surface area contributed by atoms with E-state index in [2.05, 4.69) is 85.9 Å². The lowest BCUT2D eigenvalue weighted by Crippen LogP contribution is -2.42. The zero-order chi connectivity index (χ0) is 94.8. The van der Waals surface area contributed by atoms with Gasteiger partial charge in [-0.15, -0.1) is 0 Å². The molecule has 2 aliphatic rings. The maximum atomic E-state index is 12.9. The predicted octanol–water partition coefficient (Wildman–Crippen LogP) is 3.69. The van der Waals surface area contributed by atoms with Crippen molar-refractivity contribution in [3.05, 3.63) is 36.2 Å². The van der Waals surface area contributed by atoms with Crippen molar-refractivity contribution in [2.75, 3.05) is 47.7 Å². The Kier molecular flexibility index (Phi) is 46.0. The Morgan fingerprint density at radius 2 is 0.874 bits per heavy atom. The third-order valence-corrected chi connectivity index (χ3v) is 29.8. The van der Waals surface area contributed by atoms with Crippen molar-refractivity contribution in [3.63, 3.8) is 0 Å². The number of carboxylic acids is 4. The van der Waals surface area contributed by atoms with E-state index in [0.29, 0.717) is 90.5 Å². The van der Waals surface area contributed by atoms with Gasteiger partial charge in [-0.2, -0.15) is 17.2 Å². The molecule has 127 heavy (non-hydrogen) atoms. The molecule has 23 N–H and O–H groups in total. The number of nitrogen functional groups attached to an aromatic ring is 2. The Morgan fingerprint density at radius 1 is 0.496 bits per heavy atom. The second-order valence-electron chi connectivity index (χ2n) is 27.6. The topological polar surface area (TPSA) is 823 Å². The van der Waals surface area contributed by atoms with Crippen molar-refractivity contribution in [1.29, 1.82) is 0 Å². The summed E-state index contributed by atoms with van der Waals surface area (Å²) in [5.74, 6) is 5.80. The summed E-state index contributed by atoms with van der Waals surface area (Å²) in [4.78, 5) is 219. The highest BCUT2D eigenvalue weighted by Crippen LogP contribution is 2.67. The smallest absolute Gasteiger partial charge is 0.481 e. The number of nitrogens with one attached hydrogen (secondary N) is 3. The van der Waals surface area contributed by atoms with E-state index >= 15 is 0 Å². The average molecular weight is 2000 g/mol. The molecule has 2 saturated heterocycles. The number of hydrogen-bond donors (Lipinski definition) is 20. The number of aliphatic carboxylic acids is 4. The van der Waals surface area contributed by atoms with E-state index in [1.807, 2.05) is 0 Å². The van der Waals surface area contributed by atoms with E-state index in [9.17, 15) is 110 Å². The number of phosphoric ester groups is 2. The van der Waals surface area contributed by atoms with Crippen molar-refractivity contribution in [2.24, 2.45) is 5.73 Å². The largest absolute Gasteiger partial charge is 0.490 e. The SMILES string of the molecule is CC(=O)NC(CSSCCC(=O)CCC#Cc1cn(C2CC(O)C(COP(=O)(O)OP(=O)(O)OP(=O)(O)O)O2)c2ncnc(N)c12)C(=O)CCCCCCC(=O)NC(CC(=O)O)C(=O)O.Nc1ncnc2c1c(C#CCCC(=O)CCSSCC(N)C(=O)CCCCCCC(=O)NC(CC(=O)O)C(=O)O)cn2C1CC(O)C(COP(=O)(O)OP(=O)(O)OP(=O)(O)O)O1. The van der Waals surface area contributed by atoms with Gasteiger partial charge in [-0.05, 0) is 25.7 Å². The van der Waals surface area contributed by atoms with Crippen LogP contribution in [0.5, 0.6) is 0 Å². The number of nitrogens with zero attached hydrogens (tertiary/aromatic N) is 6. The molecule has 3 amide bonds. The third kappa shape index (κ3) is 41.9. The van der Waals surface area contributed by atoms with Crippen LogP contribution in [-0.2, 0) is 116 Å². The van der Waals surface area contributed by atoms with Crippen molar-refractivity contribution in [1.82, 2.24) is 45.0 Å². The molecule has 708 valence electrons. The number of amides is 3. The summed E-state index contributed by atoms with van der Waals surface area (Å²) in [6, 6.07) is -4.47. The fourth-order valence-corrected chi connectivity index (χ4v) is 22.0. The first-order valence-electron chi connectivity index (χ1n) is 37.8. The van der Waals surface area contributed by atoms with Crippen LogP contribution in [-0.4, -0.2) is 248 Å². The lowest BCUT2D eigenvalue weighted by atomic mass is 10.0. The molecule has 14 atom stereocenters. The van der Waals surface area contributed by atoms with Crippen LogP contribution >= 0.6 is 90.1 Å². The van der Waals surface area contributed by atoms with Crippen LogP contribution in [0.15, 0.2) is 25.0 Å². The summed E-state index contributed by atoms with van der Waals surface area (Å²) in [7, 11) is -28.2. The number of ether oxygens (including phenoxy) is 2. The average Bonchev–Trinajstić information content (AvgIpc) is 1.62. The van der Waals surface area contributed by atoms with E-state index in [1.165, 1.54) is 84.3 Å². The minimum Gasteiger partial charge on any atom is -0.481 e. The molecule has 14 unspecified atom stereocenters. The van der Waals surface area contributed by atoms with Crippen LogP contribution in [0.1, 0.15) is 172 Å². The van der Waals surface area contributed by atoms with Crippen LogP contribution in [0.25, 0.3) is 22.1 Å². The second kappa shape index (κ2) is 52.9. The van der Waals surface area contributed by atoms with Gasteiger partial charge in [-0.1, -0.05) is 92.5 Å². The molecule has 4 aromatic heterocycles. The van der Waals surface area contributed by atoms with Crippen molar-refractivity contribution < 1.29 is 186 Å². The third-order valence-electron chi connectivity index (χ3n) is 17.4. The zero-order valence-electron chi connectivity index (χ0n) is 67.1. The van der Waals surface area contributed by atoms with Crippen LogP contribution in [0.3, 0.4) is 0 Å². The van der Waals surface area contributed by atoms with E-state index < -0.39 is 170 Å². The number of rotatable bonds is 57. The molecule has 0 aromatic carbocycles. The van der Waals surface area contributed by atoms with Gasteiger partial charge in [0.05, 0.1) is 72.2 Å². The zero-order valence-corrected chi connectivity index (χ0v) is 75.7. The number of aliphatic hydroxyl groups is 2. The monoisotopic (exact) mass is 1990 g/mol. The highest BCUT2D eigenvalue weighted by atomic mass is 33.1. The number of phosphoric acid groups is 6. The summed E-state index contributed by atoms with van der Waals surface area (Å²) < 4.78 is 108. The number of Topliss-reactive ketones (excluding diaryl/α,β-unsaturated/α-hetero) is 4. The van der Waals surface area contributed by atoms with E-state index in [1.54, 1.807) is 0 Å². The number of aliphatic hydroxyl groups excluding tert-OH is 2. The number of anilines is 2. The number of nitrogens with two attached hydrogens (primary N) is 3. The number of hydrogen-bond acceptors (Lipinski definition) is 38. The fourth-order valence-electron chi connectivity index (χ4n) is 11.6. The van der Waals surface area contributed by atoms with Crippen LogP contribution < -0.4 is 33.2 Å². The van der Waals surface area contributed by atoms with E-state index in [-0.39, 0.29) is 135 Å².